The van der Waals surface area contributed by atoms with E-state index in [-0.39, 0.29) is 0 Å². The van der Waals surface area contributed by atoms with Gasteiger partial charge in [0.15, 0.2) is 5.82 Å². The molecule has 10 rings (SSSR count). The number of hydrogen-bond donors (Lipinski definition) is 0. The summed E-state index contributed by atoms with van der Waals surface area (Å²) in [4.78, 5) is 10.8. The Labute approximate surface area is 323 Å². The van der Waals surface area contributed by atoms with Crippen molar-refractivity contribution in [1.29, 1.82) is 0 Å². The van der Waals surface area contributed by atoms with E-state index in [4.69, 9.17) is 9.97 Å². The first-order valence-electron chi connectivity index (χ1n) is 19.0. The summed E-state index contributed by atoms with van der Waals surface area (Å²) in [5.74, 6) is 0.764. The van der Waals surface area contributed by atoms with Gasteiger partial charge in [-0.05, 0) is 96.0 Å². The average Bonchev–Trinajstić information content (AvgIpc) is 3.50. The van der Waals surface area contributed by atoms with Gasteiger partial charge in [0.2, 0.25) is 0 Å². The quantitative estimate of drug-likeness (QED) is 0.160. The van der Waals surface area contributed by atoms with E-state index in [0.717, 1.165) is 33.9 Å². The lowest BCUT2D eigenvalue weighted by Crippen LogP contribution is -2.50. The van der Waals surface area contributed by atoms with E-state index in [1.807, 2.05) is 0 Å². The second-order valence-electron chi connectivity index (χ2n) is 15.0. The summed E-state index contributed by atoms with van der Waals surface area (Å²) >= 11 is 0. The normalized spacial score (nSPS) is 12.7. The third kappa shape index (κ3) is 5.81. The minimum atomic E-state index is -2.19. The van der Waals surface area contributed by atoms with E-state index in [1.165, 1.54) is 65.7 Å². The molecule has 1 aliphatic rings. The maximum absolute atomic E-state index is 5.44. The van der Waals surface area contributed by atoms with Crippen LogP contribution in [0.15, 0.2) is 194 Å². The zero-order chi connectivity index (χ0) is 36.9. The Bertz CT molecular complexity index is 2820. The van der Waals surface area contributed by atoms with Gasteiger partial charge in [-0.1, -0.05) is 177 Å². The van der Waals surface area contributed by atoms with Crippen molar-refractivity contribution in [2.45, 2.75) is 13.1 Å². The van der Waals surface area contributed by atoms with Crippen LogP contribution in [0.4, 0.5) is 0 Å². The van der Waals surface area contributed by atoms with Crippen molar-refractivity contribution in [3.8, 4) is 78.4 Å². The van der Waals surface area contributed by atoms with Crippen molar-refractivity contribution < 1.29 is 0 Å². The molecule has 2 heterocycles. The molecule has 0 bridgehead atoms. The van der Waals surface area contributed by atoms with Gasteiger partial charge in [-0.25, -0.2) is 9.97 Å². The number of hydrogen-bond acceptors (Lipinski definition) is 2. The number of benzene rings is 8. The molecule has 260 valence electrons. The van der Waals surface area contributed by atoms with Gasteiger partial charge in [0.25, 0.3) is 0 Å². The Morgan fingerprint density at radius 2 is 0.782 bits per heavy atom. The largest absolute Gasteiger partial charge is 0.228 e. The molecule has 0 radical (unpaired) electrons. The van der Waals surface area contributed by atoms with E-state index in [9.17, 15) is 0 Å². The summed E-state index contributed by atoms with van der Waals surface area (Å²) in [5, 5.41) is 5.25. The molecule has 55 heavy (non-hydrogen) atoms. The smallest absolute Gasteiger partial charge is 0.160 e. The van der Waals surface area contributed by atoms with Crippen LogP contribution in [0, 0.1) is 0 Å². The summed E-state index contributed by atoms with van der Waals surface area (Å²) in [7, 11) is -2.19. The molecule has 0 amide bonds. The highest BCUT2D eigenvalue weighted by atomic mass is 28.3. The Balaban J connectivity index is 1.12. The van der Waals surface area contributed by atoms with Gasteiger partial charge in [0.05, 0.1) is 11.4 Å². The number of aromatic nitrogens is 2. The van der Waals surface area contributed by atoms with Crippen LogP contribution in [-0.2, 0) is 0 Å². The van der Waals surface area contributed by atoms with Gasteiger partial charge in [-0.2, -0.15) is 0 Å². The standard InChI is InChI=1S/C52H38N2Si/c1-55(2)47-29-28-37-20-12-13-27-46(37)48(47)50-51(55)49(53-52(54-50)38-21-10-5-11-22-38)42-26-15-24-40(31-42)39-23-14-25-41(30-39)45-33-43(35-16-6-3-7-17-35)32-44(34-45)36-18-8-4-9-19-36/h3-34H,1-2H3. The van der Waals surface area contributed by atoms with Crippen LogP contribution < -0.4 is 10.4 Å². The van der Waals surface area contributed by atoms with E-state index in [2.05, 4.69) is 207 Å². The minimum absolute atomic E-state index is 0.764. The molecule has 2 nitrogen and oxygen atoms in total. The fourth-order valence-corrected chi connectivity index (χ4v) is 11.7. The lowest BCUT2D eigenvalue weighted by molar-refractivity contribution is 1.20. The topological polar surface area (TPSA) is 25.8 Å². The molecule has 1 aromatic heterocycles. The maximum atomic E-state index is 5.44. The molecule has 0 N–H and O–H groups in total. The molecule has 0 aliphatic carbocycles. The average molecular weight is 719 g/mol. The maximum Gasteiger partial charge on any atom is 0.160 e. The van der Waals surface area contributed by atoms with E-state index in [1.54, 1.807) is 0 Å². The fraction of sp³-hybridized carbons (Fsp3) is 0.0385. The summed E-state index contributed by atoms with van der Waals surface area (Å²) in [6, 6.07) is 70.0. The van der Waals surface area contributed by atoms with E-state index in [0.29, 0.717) is 0 Å². The highest BCUT2D eigenvalue weighted by Crippen LogP contribution is 2.39. The Morgan fingerprint density at radius 3 is 1.40 bits per heavy atom. The van der Waals surface area contributed by atoms with Crippen LogP contribution in [0.5, 0.6) is 0 Å². The molecule has 1 aliphatic heterocycles. The zero-order valence-corrected chi connectivity index (χ0v) is 31.9. The monoisotopic (exact) mass is 718 g/mol. The lowest BCUT2D eigenvalue weighted by atomic mass is 9.92. The van der Waals surface area contributed by atoms with Crippen molar-refractivity contribution in [1.82, 2.24) is 9.97 Å². The third-order valence-corrected chi connectivity index (χ3v) is 14.7. The first-order chi connectivity index (χ1) is 27.0. The molecule has 0 saturated heterocycles. The van der Waals surface area contributed by atoms with Gasteiger partial charge < -0.3 is 0 Å². The number of fused-ring (bicyclic) bond motifs is 5. The summed E-state index contributed by atoms with van der Waals surface area (Å²) in [5.41, 5.74) is 15.1. The Kier molecular flexibility index (Phi) is 7.97. The molecule has 0 unspecified atom stereocenters. The molecule has 0 saturated carbocycles. The van der Waals surface area contributed by atoms with Gasteiger partial charge >= 0.3 is 0 Å². The summed E-state index contributed by atoms with van der Waals surface area (Å²) in [6.07, 6.45) is 0. The van der Waals surface area contributed by atoms with Crippen LogP contribution in [0.1, 0.15) is 0 Å². The molecule has 8 aromatic carbocycles. The third-order valence-electron chi connectivity index (χ3n) is 11.2. The van der Waals surface area contributed by atoms with E-state index < -0.39 is 8.07 Å². The molecular formula is C52H38N2Si. The molecule has 0 fully saturated rings. The van der Waals surface area contributed by atoms with Crippen LogP contribution in [-0.4, -0.2) is 18.0 Å². The van der Waals surface area contributed by atoms with Crippen LogP contribution >= 0.6 is 0 Å². The highest BCUT2D eigenvalue weighted by molar-refractivity contribution is 7.04. The lowest BCUT2D eigenvalue weighted by Gasteiger charge is -2.22. The number of rotatable bonds is 6. The van der Waals surface area contributed by atoms with Gasteiger partial charge in [0.1, 0.15) is 8.07 Å². The Morgan fingerprint density at radius 1 is 0.345 bits per heavy atom. The Hall–Kier alpha value is -6.68. The minimum Gasteiger partial charge on any atom is -0.228 e. The van der Waals surface area contributed by atoms with Gasteiger partial charge in [-0.15, -0.1) is 0 Å². The number of nitrogens with zero attached hydrogens (tertiary/aromatic N) is 2. The second-order valence-corrected chi connectivity index (χ2v) is 19.3. The van der Waals surface area contributed by atoms with Crippen LogP contribution in [0.2, 0.25) is 13.1 Å². The highest BCUT2D eigenvalue weighted by Gasteiger charge is 2.42. The molecule has 9 aromatic rings. The van der Waals surface area contributed by atoms with Crippen molar-refractivity contribution in [2.75, 3.05) is 0 Å². The summed E-state index contributed by atoms with van der Waals surface area (Å²) in [6.45, 7) is 4.92. The first-order valence-corrected chi connectivity index (χ1v) is 22.0. The molecule has 3 heteroatoms. The van der Waals surface area contributed by atoms with Crippen LogP contribution in [0.25, 0.3) is 89.2 Å². The zero-order valence-electron chi connectivity index (χ0n) is 30.9. The van der Waals surface area contributed by atoms with Crippen molar-refractivity contribution in [3.63, 3.8) is 0 Å². The van der Waals surface area contributed by atoms with Gasteiger partial charge in [0, 0.05) is 16.7 Å². The van der Waals surface area contributed by atoms with Crippen molar-refractivity contribution in [2.24, 2.45) is 0 Å². The SMILES string of the molecule is C[Si]1(C)c2ccc3ccccc3c2-c2nc(-c3ccccc3)nc(-c3cccc(-c4cccc(-c5cc(-c6ccccc6)cc(-c6ccccc6)c5)c4)c3)c21. The predicted octanol–water partition coefficient (Wildman–Crippen LogP) is 12.4. The molecule has 0 atom stereocenters. The van der Waals surface area contributed by atoms with Crippen LogP contribution in [0.3, 0.4) is 0 Å². The summed E-state index contributed by atoms with van der Waals surface area (Å²) < 4.78 is 0. The van der Waals surface area contributed by atoms with Crippen molar-refractivity contribution in [3.05, 3.63) is 194 Å². The van der Waals surface area contributed by atoms with Gasteiger partial charge in [-0.3, -0.25) is 0 Å². The fourth-order valence-electron chi connectivity index (χ4n) is 8.45. The van der Waals surface area contributed by atoms with E-state index >= 15 is 0 Å². The predicted molar refractivity (Wildman–Crippen MR) is 234 cm³/mol. The molecular weight excluding hydrogens is 681 g/mol. The second kappa shape index (κ2) is 13.3. The molecule has 0 spiro atoms. The first kappa shape index (κ1) is 32.9. The van der Waals surface area contributed by atoms with Crippen molar-refractivity contribution >= 4 is 29.2 Å².